The van der Waals surface area contributed by atoms with E-state index in [9.17, 15) is 153 Å². The van der Waals surface area contributed by atoms with Gasteiger partial charge in [-0.25, -0.2) is 0 Å². The van der Waals surface area contributed by atoms with Gasteiger partial charge >= 0.3 is 0 Å². The molecule has 0 saturated carbocycles. The zero-order chi connectivity index (χ0) is 99.9. The number of ether oxygens (including phenoxy) is 23. The van der Waals surface area contributed by atoms with Crippen LogP contribution in [0, 0.1) is 0 Å². The average Bonchev–Trinajstić information content (AvgIpc) is 0.764. The Kier molecular flexibility index (Phi) is 62.0. The fraction of sp³-hybridized carbons (Fsp3) is 0.987. The van der Waals surface area contributed by atoms with E-state index in [1.54, 1.807) is 0 Å². The predicted octanol–water partition coefficient (Wildman–Crippen LogP) is -15.2. The van der Waals surface area contributed by atoms with Crippen LogP contribution < -0.4 is 0 Å². The SMILES string of the molecule is C.CCCOCCOCC(=O)CCCOCCO[C@H]1OC(CO)[C@@H](O)[C@H](O[C@H]2OC(CO)[C@@H](O)[C@H](O)C2O[C@H]2OC(CO)[C@@H](O)[C@H](O)C2O[C@H]2OC(CO)[C@@H](O)[C@H](O)C2O)C1O.CCCOCCO[C@H]1OC(CO)[C@@H](O)[C@H](O)C1O.CCCOCCO[C@H]1OC(CO)[C@@H](O)[C@H](O[C@H]2OC(CO)[C@@H](O)[C@H](O)C2O[C@H]2OC(CO)[C@@H](O)[C@H](O)C2O[C@H]2OC(CO)[C@@H](O)[C@H](O)C2O)C1O.CI.CI. The van der Waals surface area contributed by atoms with Gasteiger partial charge in [-0.15, -0.1) is 0 Å². The quantitative estimate of drug-likeness (QED) is 0.0153. The van der Waals surface area contributed by atoms with Crippen molar-refractivity contribution in [2.75, 3.05) is 155 Å². The summed E-state index contributed by atoms with van der Waals surface area (Å²) in [6.07, 6.45) is -75.1. The number of aliphatic hydroxyl groups excluding tert-OH is 30. The summed E-state index contributed by atoms with van der Waals surface area (Å²) in [4.78, 5) is 16.0. The number of carbonyl (C=O) groups excluding carboxylic acids is 1. The van der Waals surface area contributed by atoms with Crippen LogP contribution in [-0.2, 0) is 114 Å². The van der Waals surface area contributed by atoms with Crippen LogP contribution in [0.25, 0.3) is 0 Å². The maximum absolute atomic E-state index is 12.0. The van der Waals surface area contributed by atoms with E-state index in [4.69, 9.17) is 114 Å². The average molecular weight is 2220 g/mol. The first-order valence-electron chi connectivity index (χ1n) is 43.8. The molecule has 30 N–H and O–H groups in total. The normalized spacial score (nSPS) is 42.2. The molecule has 802 valence electrons. The molecule has 9 fully saturated rings. The van der Waals surface area contributed by atoms with E-state index in [1.807, 2.05) is 30.6 Å². The summed E-state index contributed by atoms with van der Waals surface area (Å²) < 4.78 is 127. The molecule has 45 atom stereocenters. The lowest BCUT2D eigenvalue weighted by molar-refractivity contribution is -0.403. The third-order valence-electron chi connectivity index (χ3n) is 22.2. The Hall–Kier alpha value is -0.990. The van der Waals surface area contributed by atoms with Gasteiger partial charge in [0.25, 0.3) is 0 Å². The van der Waals surface area contributed by atoms with Crippen LogP contribution in [0.5, 0.6) is 0 Å². The molecule has 56 heteroatoms. The second-order valence-electron chi connectivity index (χ2n) is 31.7. The highest BCUT2D eigenvalue weighted by Crippen LogP contribution is 2.39. The second-order valence-corrected chi connectivity index (χ2v) is 31.7. The lowest BCUT2D eigenvalue weighted by Gasteiger charge is -2.49. The maximum Gasteiger partial charge on any atom is 0.187 e. The molecule has 54 nitrogen and oxygen atoms in total. The first-order chi connectivity index (χ1) is 64.1. The Balaban J connectivity index is 0.000000463. The van der Waals surface area contributed by atoms with Crippen molar-refractivity contribution in [1.82, 2.24) is 0 Å². The summed E-state index contributed by atoms with van der Waals surface area (Å²) >= 11 is 4.30. The minimum atomic E-state index is -2.05. The van der Waals surface area contributed by atoms with Crippen molar-refractivity contribution in [3.8, 4) is 0 Å². The van der Waals surface area contributed by atoms with Gasteiger partial charge < -0.3 is 262 Å². The van der Waals surface area contributed by atoms with Crippen molar-refractivity contribution in [2.45, 2.75) is 337 Å². The van der Waals surface area contributed by atoms with Gasteiger partial charge in [0, 0.05) is 32.8 Å². The van der Waals surface area contributed by atoms with Crippen molar-refractivity contribution in [3.05, 3.63) is 0 Å². The van der Waals surface area contributed by atoms with E-state index < -0.39 is 336 Å². The van der Waals surface area contributed by atoms with Gasteiger partial charge in [-0.3, -0.25) is 4.79 Å². The highest BCUT2D eigenvalue weighted by Gasteiger charge is 2.60. The van der Waals surface area contributed by atoms with Crippen LogP contribution in [0.15, 0.2) is 0 Å². The molecule has 9 aliphatic rings. The second kappa shape index (κ2) is 66.3. The largest absolute Gasteiger partial charge is 0.394 e. The third-order valence-corrected chi connectivity index (χ3v) is 22.2. The summed E-state index contributed by atoms with van der Waals surface area (Å²) in [6.45, 7) is 1.45. The molecule has 0 aromatic rings. The Morgan fingerprint density at radius 1 is 0.222 bits per heavy atom. The third kappa shape index (κ3) is 35.7. The highest BCUT2D eigenvalue weighted by atomic mass is 127. The summed E-state index contributed by atoms with van der Waals surface area (Å²) in [5.74, 6) is -0.117. The van der Waals surface area contributed by atoms with Crippen LogP contribution in [-0.4, -0.2) is 591 Å². The smallest absolute Gasteiger partial charge is 0.187 e. The molecule has 0 radical (unpaired) electrons. The number of carbonyl (C=O) groups is 1. The van der Waals surface area contributed by atoms with E-state index in [1.165, 1.54) is 0 Å². The van der Waals surface area contributed by atoms with Gasteiger partial charge in [-0.1, -0.05) is 73.4 Å². The summed E-state index contributed by atoms with van der Waals surface area (Å²) in [5.41, 5.74) is 0. The Bertz CT molecular complexity index is 3030. The van der Waals surface area contributed by atoms with Crippen molar-refractivity contribution in [2.24, 2.45) is 0 Å². The Morgan fingerprint density at radius 3 is 0.689 bits per heavy atom. The number of hydrogen-bond acceptors (Lipinski definition) is 54. The molecule has 9 rings (SSSR count). The molecule has 0 amide bonds. The van der Waals surface area contributed by atoms with E-state index in [0.29, 0.717) is 46.1 Å². The van der Waals surface area contributed by atoms with Crippen molar-refractivity contribution in [1.29, 1.82) is 0 Å². The molecule has 9 aliphatic heterocycles. The Labute approximate surface area is 805 Å². The standard InChI is InChI=1S/C36H64O25.C29H52O22.C11H22O7.2CH3I.CH4/c1-2-5-51-7-8-53-15-16(41)4-3-6-52-9-10-54-33-29(50)30(24(45)20(14-40)55-33)59-35-32(27(48)23(44)18(12-38)57-35)61-36-31(26(47)22(43)19(13-39)58-36)60-34-28(49)25(46)21(42)17(11-37)56-34;1-2-3-43-4-5-44-26-22(42)23(17(37)13(9-33)45-26)49-28-25(20(40)16(36)11(7-31)47-28)51-29-24(19(39)15(35)12(8-32)48-29)50-27-21(41)18(38)14(34)10(6-30)46-27;1-2-3-16-4-5-17-11-10(15)9(14)8(13)7(6-12)18-11;2*1-2;/h17-40,42-50H,2-15H2,1H3;10-42H,2-9H2,1H3;7-15H,2-6H2,1H3;2*1H3;1H4/t17?,18?,19?,20?,21-,22-,23-,24-,25+,26+,27+,28?,29?,30+,31?,32?,33+,34-,35-,36-;10?,11?,12?,13?,14-,15-,16-,17-,18+,19+,20+,21?,22?,23+,24?,25?,26+,27-,28-,29-;7?,8-,9+,10?,11+;;;/m111.../s1. The van der Waals surface area contributed by atoms with Gasteiger partial charge in [0.15, 0.2) is 62.4 Å². The Morgan fingerprint density at radius 2 is 0.422 bits per heavy atom. The fourth-order valence-corrected chi connectivity index (χ4v) is 14.7. The van der Waals surface area contributed by atoms with Crippen LogP contribution >= 0.6 is 45.2 Å². The molecule has 0 aromatic carbocycles. The molecule has 9 heterocycles. The van der Waals surface area contributed by atoms with Gasteiger partial charge in [-0.05, 0) is 35.5 Å². The number of halogens is 2. The van der Waals surface area contributed by atoms with Gasteiger partial charge in [-0.2, -0.15) is 0 Å². The van der Waals surface area contributed by atoms with E-state index in [0.717, 1.165) is 19.3 Å². The first kappa shape index (κ1) is 126. The molecule has 0 bridgehead atoms. The zero-order valence-corrected chi connectivity index (χ0v) is 78.9. The van der Waals surface area contributed by atoms with Gasteiger partial charge in [0.1, 0.15) is 226 Å². The van der Waals surface area contributed by atoms with Crippen molar-refractivity contribution in [3.63, 3.8) is 0 Å². The maximum atomic E-state index is 12.0. The fourth-order valence-electron chi connectivity index (χ4n) is 14.7. The lowest BCUT2D eigenvalue weighted by Crippen LogP contribution is -2.68. The number of Topliss-reactive ketones (excluding diaryl/α,β-unsaturated/α-hetero) is 1. The molecule has 9 saturated heterocycles. The topological polar surface area (TPSA) is 836 Å². The van der Waals surface area contributed by atoms with E-state index in [-0.39, 0.29) is 65.9 Å². The lowest BCUT2D eigenvalue weighted by atomic mass is 9.95. The summed E-state index contributed by atoms with van der Waals surface area (Å²) in [5, 5.41) is 310. The van der Waals surface area contributed by atoms with Crippen molar-refractivity contribution >= 4 is 51.0 Å². The van der Waals surface area contributed by atoms with Crippen LogP contribution in [0.1, 0.15) is 60.3 Å². The molecule has 135 heavy (non-hydrogen) atoms. The molecule has 0 aromatic heterocycles. The number of rotatable bonds is 48. The predicted molar refractivity (Wildman–Crippen MR) is 461 cm³/mol. The van der Waals surface area contributed by atoms with Crippen LogP contribution in [0.3, 0.4) is 0 Å². The summed E-state index contributed by atoms with van der Waals surface area (Å²) in [6, 6.07) is 0. The molecule has 0 spiro atoms. The molecule has 0 aliphatic carbocycles. The minimum Gasteiger partial charge on any atom is -0.394 e. The monoisotopic (exact) mass is 2210 g/mol. The number of alkyl halides is 2. The minimum absolute atomic E-state index is 0. The zero-order valence-electron chi connectivity index (χ0n) is 74.5. The van der Waals surface area contributed by atoms with E-state index in [2.05, 4.69) is 45.2 Å². The highest BCUT2D eigenvalue weighted by molar-refractivity contribution is 14.1. The molecule has 18 unspecified atom stereocenters. The number of aliphatic hydroxyl groups is 30. The van der Waals surface area contributed by atoms with E-state index >= 15 is 0 Å². The molecular weight excluding hydrogens is 2070 g/mol. The van der Waals surface area contributed by atoms with Crippen LogP contribution in [0.2, 0.25) is 0 Å². The number of hydrogen-bond donors (Lipinski definition) is 30. The first-order valence-corrected chi connectivity index (χ1v) is 48.1. The van der Waals surface area contributed by atoms with Gasteiger partial charge in [0.05, 0.1) is 112 Å². The van der Waals surface area contributed by atoms with Gasteiger partial charge in [0.2, 0.25) is 0 Å². The summed E-state index contributed by atoms with van der Waals surface area (Å²) in [7, 11) is 0. The molecular formula is C79H148I2O54. The van der Waals surface area contributed by atoms with Crippen molar-refractivity contribution < 1.29 is 267 Å². The van der Waals surface area contributed by atoms with Crippen LogP contribution in [0.4, 0.5) is 0 Å². The number of ketones is 1.